The van der Waals surface area contributed by atoms with Gasteiger partial charge in [-0.2, -0.15) is 0 Å². The van der Waals surface area contributed by atoms with E-state index in [1.807, 2.05) is 45.0 Å². The van der Waals surface area contributed by atoms with Crippen LogP contribution >= 0.6 is 11.8 Å². The van der Waals surface area contributed by atoms with E-state index in [-0.39, 0.29) is 18.9 Å². The second kappa shape index (κ2) is 9.77. The SMILES string of the molecule is COCOc1ccccc1-n1c(SC2CCC2)nc2c(c1=O)CN(C(=O)OC(C)(C)C)CC2. The van der Waals surface area contributed by atoms with Crippen molar-refractivity contribution in [2.45, 2.75) is 69.0 Å². The number of carbonyl (C=O) groups excluding carboxylic acids is 1. The van der Waals surface area contributed by atoms with Crippen molar-refractivity contribution in [1.82, 2.24) is 14.5 Å². The first-order chi connectivity index (χ1) is 15.8. The highest BCUT2D eigenvalue weighted by atomic mass is 32.2. The van der Waals surface area contributed by atoms with Crippen LogP contribution in [0.1, 0.15) is 51.3 Å². The van der Waals surface area contributed by atoms with Gasteiger partial charge < -0.3 is 19.1 Å². The molecule has 1 aromatic carbocycles. The van der Waals surface area contributed by atoms with Crippen LogP contribution < -0.4 is 10.3 Å². The Morgan fingerprint density at radius 1 is 1.24 bits per heavy atom. The fourth-order valence-corrected chi connectivity index (χ4v) is 5.07. The summed E-state index contributed by atoms with van der Waals surface area (Å²) in [6.45, 7) is 6.21. The molecule has 0 unspecified atom stereocenters. The average molecular weight is 474 g/mol. The zero-order valence-electron chi connectivity index (χ0n) is 19.6. The van der Waals surface area contributed by atoms with Gasteiger partial charge in [-0.1, -0.05) is 30.3 Å². The van der Waals surface area contributed by atoms with E-state index in [2.05, 4.69) is 0 Å². The van der Waals surface area contributed by atoms with Crippen LogP contribution in [0, 0.1) is 0 Å². The van der Waals surface area contributed by atoms with Gasteiger partial charge in [0.05, 0.1) is 23.5 Å². The summed E-state index contributed by atoms with van der Waals surface area (Å²) in [5.74, 6) is 0.540. The van der Waals surface area contributed by atoms with Crippen LogP contribution in [-0.2, 0) is 22.4 Å². The molecular weight excluding hydrogens is 442 g/mol. The number of carbonyl (C=O) groups is 1. The quantitative estimate of drug-likeness (QED) is 0.460. The van der Waals surface area contributed by atoms with Crippen molar-refractivity contribution in [3.05, 3.63) is 45.9 Å². The van der Waals surface area contributed by atoms with Gasteiger partial charge in [0.25, 0.3) is 5.56 Å². The molecule has 2 aromatic rings. The lowest BCUT2D eigenvalue weighted by Gasteiger charge is -2.31. The highest BCUT2D eigenvalue weighted by molar-refractivity contribution is 7.99. The van der Waals surface area contributed by atoms with Gasteiger partial charge in [-0.25, -0.2) is 9.78 Å². The summed E-state index contributed by atoms with van der Waals surface area (Å²) in [5.41, 5.74) is 1.12. The topological polar surface area (TPSA) is 82.9 Å². The maximum atomic E-state index is 13.8. The van der Waals surface area contributed by atoms with E-state index < -0.39 is 11.7 Å². The first-order valence-electron chi connectivity index (χ1n) is 11.3. The Balaban J connectivity index is 1.76. The van der Waals surface area contributed by atoms with E-state index in [4.69, 9.17) is 19.2 Å². The molecule has 1 amide bonds. The number of rotatable bonds is 6. The fraction of sp³-hybridized carbons (Fsp3) is 0.542. The number of aromatic nitrogens is 2. The number of amides is 1. The molecule has 0 bridgehead atoms. The first-order valence-corrected chi connectivity index (χ1v) is 12.2. The summed E-state index contributed by atoms with van der Waals surface area (Å²) in [6.07, 6.45) is 3.53. The lowest BCUT2D eigenvalue weighted by Crippen LogP contribution is -2.43. The average Bonchev–Trinajstić information content (AvgIpc) is 2.74. The van der Waals surface area contributed by atoms with Crippen LogP contribution in [-0.4, -0.2) is 51.8 Å². The van der Waals surface area contributed by atoms with Crippen LogP contribution in [0.3, 0.4) is 0 Å². The molecule has 0 N–H and O–H groups in total. The molecule has 0 saturated heterocycles. The van der Waals surface area contributed by atoms with Gasteiger partial charge in [0.15, 0.2) is 11.9 Å². The predicted molar refractivity (Wildman–Crippen MR) is 126 cm³/mol. The molecule has 33 heavy (non-hydrogen) atoms. The number of hydrogen-bond donors (Lipinski definition) is 0. The van der Waals surface area contributed by atoms with Crippen molar-refractivity contribution in [2.75, 3.05) is 20.4 Å². The summed E-state index contributed by atoms with van der Waals surface area (Å²) in [6, 6.07) is 7.38. The molecule has 2 aliphatic rings. The van der Waals surface area contributed by atoms with Crippen molar-refractivity contribution in [3.8, 4) is 11.4 Å². The van der Waals surface area contributed by atoms with Crippen LogP contribution in [0.4, 0.5) is 4.79 Å². The Hall–Kier alpha value is -2.52. The number of fused-ring (bicyclic) bond motifs is 1. The van der Waals surface area contributed by atoms with Gasteiger partial charge in [-0.05, 0) is 45.7 Å². The zero-order chi connectivity index (χ0) is 23.6. The molecule has 1 saturated carbocycles. The van der Waals surface area contributed by atoms with Crippen molar-refractivity contribution in [2.24, 2.45) is 0 Å². The zero-order valence-corrected chi connectivity index (χ0v) is 20.4. The fourth-order valence-electron chi connectivity index (χ4n) is 3.75. The number of para-hydroxylation sites is 2. The predicted octanol–water partition coefficient (Wildman–Crippen LogP) is 4.15. The van der Waals surface area contributed by atoms with Gasteiger partial charge >= 0.3 is 6.09 Å². The van der Waals surface area contributed by atoms with Gasteiger partial charge in [-0.3, -0.25) is 9.36 Å². The van der Waals surface area contributed by atoms with Gasteiger partial charge in [0.1, 0.15) is 11.4 Å². The van der Waals surface area contributed by atoms with E-state index in [9.17, 15) is 9.59 Å². The minimum atomic E-state index is -0.600. The van der Waals surface area contributed by atoms with Crippen LogP contribution in [0.5, 0.6) is 5.75 Å². The van der Waals surface area contributed by atoms with Crippen LogP contribution in [0.2, 0.25) is 0 Å². The van der Waals surface area contributed by atoms with Crippen LogP contribution in [0.15, 0.2) is 34.2 Å². The molecule has 178 valence electrons. The highest BCUT2D eigenvalue weighted by Gasteiger charge is 2.31. The second-order valence-electron chi connectivity index (χ2n) is 9.30. The van der Waals surface area contributed by atoms with E-state index in [1.54, 1.807) is 28.3 Å². The summed E-state index contributed by atoms with van der Waals surface area (Å²) >= 11 is 1.65. The number of benzene rings is 1. The van der Waals surface area contributed by atoms with Gasteiger partial charge in [0.2, 0.25) is 0 Å². The minimum Gasteiger partial charge on any atom is -0.465 e. The monoisotopic (exact) mass is 473 g/mol. The van der Waals surface area contributed by atoms with Gasteiger partial charge in [-0.15, -0.1) is 0 Å². The lowest BCUT2D eigenvalue weighted by atomic mass is 10.0. The largest absolute Gasteiger partial charge is 0.465 e. The number of thioether (sulfide) groups is 1. The van der Waals surface area contributed by atoms with E-state index >= 15 is 0 Å². The Labute approximate surface area is 198 Å². The lowest BCUT2D eigenvalue weighted by molar-refractivity contribution is 0.0221. The summed E-state index contributed by atoms with van der Waals surface area (Å²) in [5, 5.41) is 1.12. The van der Waals surface area contributed by atoms with Crippen LogP contribution in [0.25, 0.3) is 5.69 Å². The van der Waals surface area contributed by atoms with Crippen molar-refractivity contribution < 1.29 is 19.0 Å². The first kappa shape index (κ1) is 23.6. The standard InChI is InChI=1S/C24H31N3O5S/c1-24(2,3)32-23(29)26-13-12-18-17(14-26)21(28)27(22(25-18)33-16-8-7-9-16)19-10-5-6-11-20(19)31-15-30-4/h5-6,10-11,16H,7-9,12-15H2,1-4H3. The molecule has 8 nitrogen and oxygen atoms in total. The number of nitrogens with zero attached hydrogens (tertiary/aromatic N) is 3. The molecule has 4 rings (SSSR count). The van der Waals surface area contributed by atoms with E-state index in [0.717, 1.165) is 18.5 Å². The summed E-state index contributed by atoms with van der Waals surface area (Å²) in [4.78, 5) is 33.0. The third kappa shape index (κ3) is 5.35. The molecule has 0 atom stereocenters. The third-order valence-electron chi connectivity index (χ3n) is 5.61. The molecule has 1 aliphatic heterocycles. The van der Waals surface area contributed by atoms with Crippen molar-refractivity contribution >= 4 is 17.9 Å². The van der Waals surface area contributed by atoms with Crippen molar-refractivity contribution in [1.29, 1.82) is 0 Å². The summed E-state index contributed by atoms with van der Waals surface area (Å²) in [7, 11) is 1.55. The second-order valence-corrected chi connectivity index (χ2v) is 10.6. The molecule has 0 radical (unpaired) electrons. The van der Waals surface area contributed by atoms with E-state index in [0.29, 0.717) is 40.4 Å². The number of ether oxygens (including phenoxy) is 3. The Bertz CT molecular complexity index is 1070. The molecule has 9 heteroatoms. The summed E-state index contributed by atoms with van der Waals surface area (Å²) < 4.78 is 18.0. The number of hydrogen-bond acceptors (Lipinski definition) is 7. The minimum absolute atomic E-state index is 0.0711. The molecule has 0 spiro atoms. The van der Waals surface area contributed by atoms with Gasteiger partial charge in [0, 0.05) is 25.3 Å². The highest BCUT2D eigenvalue weighted by Crippen LogP contribution is 2.37. The van der Waals surface area contributed by atoms with E-state index in [1.165, 1.54) is 6.42 Å². The number of methoxy groups -OCH3 is 1. The smallest absolute Gasteiger partial charge is 0.410 e. The van der Waals surface area contributed by atoms with Crippen molar-refractivity contribution in [3.63, 3.8) is 0 Å². The Morgan fingerprint density at radius 2 is 2.00 bits per heavy atom. The Morgan fingerprint density at radius 3 is 2.67 bits per heavy atom. The molecule has 1 aliphatic carbocycles. The Kier molecular flexibility index (Phi) is 6.99. The maximum Gasteiger partial charge on any atom is 0.410 e. The maximum absolute atomic E-state index is 13.8. The molecule has 1 fully saturated rings. The third-order valence-corrected chi connectivity index (χ3v) is 6.90. The normalized spacial score (nSPS) is 16.2. The molecule has 2 heterocycles. The molecular formula is C24H31N3O5S. The molecule has 1 aromatic heterocycles.